The Morgan fingerprint density at radius 2 is 2.08 bits per heavy atom. The number of benzene rings is 2. The van der Waals surface area contributed by atoms with Crippen LogP contribution in [0.5, 0.6) is 5.75 Å². The van der Waals surface area contributed by atoms with Gasteiger partial charge in [-0.2, -0.15) is 0 Å². The van der Waals surface area contributed by atoms with Gasteiger partial charge in [0.1, 0.15) is 5.75 Å². The minimum absolute atomic E-state index is 0.640. The standard InChI is InChI=1S/C22H27N3O/c1-23-10-12-25-11-9-17(15-25)16-7-8-20-18(13-16)14-21(24-20)19-5-3-4-6-22(19)26-2/h3-8,13-14,17,23-24H,9-12,15H2,1-2H3. The molecule has 0 aliphatic carbocycles. The molecule has 0 amide bonds. The van der Waals surface area contributed by atoms with Gasteiger partial charge in [0, 0.05) is 36.1 Å². The van der Waals surface area contributed by atoms with E-state index in [0.29, 0.717) is 5.92 Å². The molecule has 3 aromatic rings. The third-order valence-electron chi connectivity index (χ3n) is 5.46. The second-order valence-electron chi connectivity index (χ2n) is 7.12. The Labute approximate surface area is 155 Å². The topological polar surface area (TPSA) is 40.3 Å². The Balaban J connectivity index is 1.59. The molecule has 2 aromatic carbocycles. The number of para-hydroxylation sites is 1. The second-order valence-corrected chi connectivity index (χ2v) is 7.12. The smallest absolute Gasteiger partial charge is 0.128 e. The van der Waals surface area contributed by atoms with Crippen LogP contribution in [0.25, 0.3) is 22.2 Å². The molecule has 4 heteroatoms. The Bertz CT molecular complexity index is 886. The van der Waals surface area contributed by atoms with Crippen molar-refractivity contribution in [2.45, 2.75) is 12.3 Å². The molecule has 1 fully saturated rings. The number of nitrogens with zero attached hydrogens (tertiary/aromatic N) is 1. The third-order valence-corrected chi connectivity index (χ3v) is 5.46. The molecular formula is C22H27N3O. The van der Waals surface area contributed by atoms with Gasteiger partial charge < -0.3 is 19.9 Å². The number of rotatable bonds is 6. The van der Waals surface area contributed by atoms with Crippen LogP contribution in [0, 0.1) is 0 Å². The number of hydrogen-bond acceptors (Lipinski definition) is 3. The zero-order chi connectivity index (χ0) is 17.9. The summed E-state index contributed by atoms with van der Waals surface area (Å²) in [5, 5.41) is 4.52. The van der Waals surface area contributed by atoms with E-state index in [-0.39, 0.29) is 0 Å². The molecular weight excluding hydrogens is 322 g/mol. The van der Waals surface area contributed by atoms with E-state index in [1.165, 1.54) is 29.4 Å². The molecule has 136 valence electrons. The summed E-state index contributed by atoms with van der Waals surface area (Å²) in [4.78, 5) is 6.10. The van der Waals surface area contributed by atoms with Crippen LogP contribution in [0.2, 0.25) is 0 Å². The van der Waals surface area contributed by atoms with Gasteiger partial charge in [-0.1, -0.05) is 18.2 Å². The molecule has 0 spiro atoms. The Morgan fingerprint density at radius 3 is 2.92 bits per heavy atom. The molecule has 2 heterocycles. The predicted molar refractivity (Wildman–Crippen MR) is 108 cm³/mol. The number of H-pyrrole nitrogens is 1. The van der Waals surface area contributed by atoms with Crippen molar-refractivity contribution in [3.8, 4) is 17.0 Å². The number of likely N-dealkylation sites (tertiary alicyclic amines) is 1. The summed E-state index contributed by atoms with van der Waals surface area (Å²) < 4.78 is 5.51. The monoisotopic (exact) mass is 349 g/mol. The fourth-order valence-corrected chi connectivity index (χ4v) is 4.00. The molecule has 1 aromatic heterocycles. The fourth-order valence-electron chi connectivity index (χ4n) is 4.00. The van der Waals surface area contributed by atoms with Crippen molar-refractivity contribution in [3.05, 3.63) is 54.1 Å². The van der Waals surface area contributed by atoms with Gasteiger partial charge in [0.15, 0.2) is 0 Å². The molecule has 0 saturated carbocycles. The number of likely N-dealkylation sites (N-methyl/N-ethyl adjacent to an activating group) is 1. The van der Waals surface area contributed by atoms with Crippen molar-refractivity contribution in [1.29, 1.82) is 0 Å². The van der Waals surface area contributed by atoms with Gasteiger partial charge in [0.25, 0.3) is 0 Å². The Hall–Kier alpha value is -2.30. The van der Waals surface area contributed by atoms with Crippen LogP contribution in [-0.2, 0) is 0 Å². The van der Waals surface area contributed by atoms with Crippen molar-refractivity contribution < 1.29 is 4.74 Å². The highest BCUT2D eigenvalue weighted by molar-refractivity contribution is 5.87. The van der Waals surface area contributed by atoms with Gasteiger partial charge >= 0.3 is 0 Å². The SMILES string of the molecule is CNCCN1CCC(c2ccc3[nH]c(-c4ccccc4OC)cc3c2)C1. The third kappa shape index (κ3) is 3.35. The summed E-state index contributed by atoms with van der Waals surface area (Å²) in [5.74, 6) is 1.54. The first-order valence-electron chi connectivity index (χ1n) is 9.41. The van der Waals surface area contributed by atoms with Crippen LogP contribution in [0.3, 0.4) is 0 Å². The van der Waals surface area contributed by atoms with E-state index in [4.69, 9.17) is 4.74 Å². The highest BCUT2D eigenvalue weighted by Crippen LogP contribution is 2.34. The molecule has 0 bridgehead atoms. The van der Waals surface area contributed by atoms with Crippen LogP contribution < -0.4 is 10.1 Å². The van der Waals surface area contributed by atoms with E-state index in [0.717, 1.165) is 36.6 Å². The maximum atomic E-state index is 5.51. The Morgan fingerprint density at radius 1 is 1.19 bits per heavy atom. The van der Waals surface area contributed by atoms with E-state index in [2.05, 4.69) is 45.5 Å². The van der Waals surface area contributed by atoms with Gasteiger partial charge in [-0.15, -0.1) is 0 Å². The van der Waals surface area contributed by atoms with Gasteiger partial charge in [0.2, 0.25) is 0 Å². The zero-order valence-electron chi connectivity index (χ0n) is 15.6. The van der Waals surface area contributed by atoms with E-state index in [9.17, 15) is 0 Å². The Kier molecular flexibility index (Phi) is 4.96. The summed E-state index contributed by atoms with van der Waals surface area (Å²) in [6.45, 7) is 4.56. The average Bonchev–Trinajstić information content (AvgIpc) is 3.32. The fraction of sp³-hybridized carbons (Fsp3) is 0.364. The number of ether oxygens (including phenoxy) is 1. The lowest BCUT2D eigenvalue weighted by Crippen LogP contribution is -2.28. The molecule has 1 aliphatic rings. The lowest BCUT2D eigenvalue weighted by Gasteiger charge is -2.15. The maximum Gasteiger partial charge on any atom is 0.128 e. The van der Waals surface area contributed by atoms with Crippen LogP contribution >= 0.6 is 0 Å². The lowest BCUT2D eigenvalue weighted by atomic mass is 9.97. The van der Waals surface area contributed by atoms with E-state index >= 15 is 0 Å². The van der Waals surface area contributed by atoms with Crippen molar-refractivity contribution in [1.82, 2.24) is 15.2 Å². The quantitative estimate of drug-likeness (QED) is 0.710. The molecule has 1 aliphatic heterocycles. The van der Waals surface area contributed by atoms with E-state index in [1.54, 1.807) is 7.11 Å². The molecule has 1 unspecified atom stereocenters. The average molecular weight is 349 g/mol. The summed E-state index contributed by atoms with van der Waals surface area (Å²) >= 11 is 0. The zero-order valence-corrected chi connectivity index (χ0v) is 15.6. The summed E-state index contributed by atoms with van der Waals surface area (Å²) in [6, 6.07) is 17.3. The minimum Gasteiger partial charge on any atom is -0.496 e. The van der Waals surface area contributed by atoms with Crippen LogP contribution in [0.15, 0.2) is 48.5 Å². The number of nitrogens with one attached hydrogen (secondary N) is 2. The van der Waals surface area contributed by atoms with E-state index < -0.39 is 0 Å². The van der Waals surface area contributed by atoms with Crippen molar-refractivity contribution in [2.24, 2.45) is 0 Å². The first-order chi connectivity index (χ1) is 12.8. The molecule has 1 atom stereocenters. The van der Waals surface area contributed by atoms with E-state index in [1.807, 2.05) is 25.2 Å². The summed E-state index contributed by atoms with van der Waals surface area (Å²) in [7, 11) is 3.74. The molecule has 4 nitrogen and oxygen atoms in total. The number of aromatic nitrogens is 1. The van der Waals surface area contributed by atoms with Crippen molar-refractivity contribution in [3.63, 3.8) is 0 Å². The number of hydrogen-bond donors (Lipinski definition) is 2. The van der Waals surface area contributed by atoms with Crippen molar-refractivity contribution >= 4 is 10.9 Å². The maximum absolute atomic E-state index is 5.51. The van der Waals surface area contributed by atoms with Crippen molar-refractivity contribution in [2.75, 3.05) is 40.3 Å². The largest absolute Gasteiger partial charge is 0.496 e. The van der Waals surface area contributed by atoms with Crippen LogP contribution in [-0.4, -0.2) is 50.2 Å². The van der Waals surface area contributed by atoms with Crippen LogP contribution in [0.1, 0.15) is 17.9 Å². The highest BCUT2D eigenvalue weighted by atomic mass is 16.5. The molecule has 2 N–H and O–H groups in total. The molecule has 26 heavy (non-hydrogen) atoms. The van der Waals surface area contributed by atoms with Crippen LogP contribution in [0.4, 0.5) is 0 Å². The minimum atomic E-state index is 0.640. The number of aromatic amines is 1. The lowest BCUT2D eigenvalue weighted by molar-refractivity contribution is 0.335. The molecule has 4 rings (SSSR count). The summed E-state index contributed by atoms with van der Waals surface area (Å²) in [5.41, 5.74) is 4.85. The molecule has 1 saturated heterocycles. The first-order valence-corrected chi connectivity index (χ1v) is 9.41. The van der Waals surface area contributed by atoms with Gasteiger partial charge in [0.05, 0.1) is 12.8 Å². The van der Waals surface area contributed by atoms with Gasteiger partial charge in [-0.05, 0) is 61.8 Å². The summed E-state index contributed by atoms with van der Waals surface area (Å²) in [6.07, 6.45) is 1.25. The van der Waals surface area contributed by atoms with Gasteiger partial charge in [-0.3, -0.25) is 0 Å². The number of methoxy groups -OCH3 is 1. The first kappa shape index (κ1) is 17.1. The number of fused-ring (bicyclic) bond motifs is 1. The normalized spacial score (nSPS) is 17.8. The predicted octanol–water partition coefficient (Wildman–Crippen LogP) is 3.85. The second kappa shape index (κ2) is 7.52. The highest BCUT2D eigenvalue weighted by Gasteiger charge is 2.23. The van der Waals surface area contributed by atoms with Gasteiger partial charge in [-0.25, -0.2) is 0 Å². The molecule has 0 radical (unpaired) electrons.